The molecular weight excluding hydrogens is 352 g/mol. The minimum atomic E-state index is -0.454. The molecule has 128 valence electrons. The molecule has 0 spiro atoms. The lowest BCUT2D eigenvalue weighted by atomic mass is 10.1. The third kappa shape index (κ3) is 3.22. The van der Waals surface area contributed by atoms with E-state index in [-0.39, 0.29) is 5.69 Å². The number of aromatic nitrogens is 2. The Morgan fingerprint density at radius 1 is 1.19 bits per heavy atom. The number of para-hydroxylation sites is 1. The minimum absolute atomic E-state index is 0.151. The van der Waals surface area contributed by atoms with Gasteiger partial charge in [0.25, 0.3) is 5.91 Å². The Labute approximate surface area is 153 Å². The van der Waals surface area contributed by atoms with Crippen LogP contribution < -0.4 is 5.43 Å². The lowest BCUT2D eigenvalue weighted by molar-refractivity contribution is 0.0946. The maximum absolute atomic E-state index is 12.2. The number of nitrogens with one attached hydrogen (secondary N) is 2. The van der Waals surface area contributed by atoms with Gasteiger partial charge in [-0.25, -0.2) is 5.43 Å². The Morgan fingerprint density at radius 3 is 2.85 bits per heavy atom. The van der Waals surface area contributed by atoms with E-state index in [2.05, 4.69) is 20.7 Å². The highest BCUT2D eigenvalue weighted by Crippen LogP contribution is 2.28. The lowest BCUT2D eigenvalue weighted by Crippen LogP contribution is -2.17. The predicted octanol–water partition coefficient (Wildman–Crippen LogP) is 4.24. The number of hydrazone groups is 1. The van der Waals surface area contributed by atoms with Crippen LogP contribution in [0, 0.1) is 0 Å². The summed E-state index contributed by atoms with van der Waals surface area (Å²) in [5.74, 6) is 0.0549. The molecule has 0 unspecified atom stereocenters. The molecule has 0 aliphatic rings. The van der Waals surface area contributed by atoms with Gasteiger partial charge in [0.15, 0.2) is 11.5 Å². The number of carbonyl (C=O) groups is 1. The van der Waals surface area contributed by atoms with Crippen LogP contribution in [0.4, 0.5) is 0 Å². The van der Waals surface area contributed by atoms with Gasteiger partial charge >= 0.3 is 0 Å². The summed E-state index contributed by atoms with van der Waals surface area (Å²) in [4.78, 5) is 15.3. The van der Waals surface area contributed by atoms with Gasteiger partial charge < -0.3 is 9.51 Å². The first-order valence-electron chi connectivity index (χ1n) is 7.83. The normalized spacial score (nSPS) is 11.3. The third-order valence-electron chi connectivity index (χ3n) is 3.85. The largest absolute Gasteiger partial charge is 0.360 e. The molecule has 2 aromatic heterocycles. The number of nitrogens with zero attached hydrogens (tertiary/aromatic N) is 2. The van der Waals surface area contributed by atoms with Crippen LogP contribution in [0.5, 0.6) is 0 Å². The lowest BCUT2D eigenvalue weighted by Gasteiger charge is -1.95. The zero-order valence-electron chi connectivity index (χ0n) is 13.4. The predicted molar refractivity (Wildman–Crippen MR) is 100 cm³/mol. The summed E-state index contributed by atoms with van der Waals surface area (Å²) in [5.41, 5.74) is 5.22. The summed E-state index contributed by atoms with van der Waals surface area (Å²) in [6.07, 6.45) is 3.35. The van der Waals surface area contributed by atoms with E-state index < -0.39 is 5.91 Å². The van der Waals surface area contributed by atoms with Crippen LogP contribution in [-0.4, -0.2) is 22.3 Å². The van der Waals surface area contributed by atoms with Crippen LogP contribution in [-0.2, 0) is 0 Å². The number of fused-ring (bicyclic) bond motifs is 1. The molecule has 2 N–H and O–H groups in total. The van der Waals surface area contributed by atoms with Crippen molar-refractivity contribution in [2.45, 2.75) is 0 Å². The fourth-order valence-electron chi connectivity index (χ4n) is 2.56. The monoisotopic (exact) mass is 364 g/mol. The Kier molecular flexibility index (Phi) is 4.25. The number of rotatable bonds is 4. The second-order valence-electron chi connectivity index (χ2n) is 5.58. The Balaban J connectivity index is 1.49. The fraction of sp³-hybridized carbons (Fsp3) is 0. The van der Waals surface area contributed by atoms with E-state index in [1.54, 1.807) is 30.3 Å². The molecule has 4 aromatic rings. The van der Waals surface area contributed by atoms with Gasteiger partial charge in [0, 0.05) is 33.8 Å². The van der Waals surface area contributed by atoms with Gasteiger partial charge in [0.1, 0.15) is 0 Å². The van der Waals surface area contributed by atoms with Crippen LogP contribution in [0.2, 0.25) is 5.02 Å². The maximum atomic E-state index is 12.2. The Morgan fingerprint density at radius 2 is 2.00 bits per heavy atom. The standard InChI is InChI=1S/C19H13ClN4O2/c20-13-7-5-12(6-8-13)10-22-23-19(25)17-9-18(26-24-17)15-11-21-16-4-2-1-3-14(15)16/h1-11,21H,(H,23,25). The smallest absolute Gasteiger partial charge is 0.293 e. The molecule has 7 heteroatoms. The molecule has 2 aromatic carbocycles. The van der Waals surface area contributed by atoms with E-state index >= 15 is 0 Å². The van der Waals surface area contributed by atoms with Gasteiger partial charge in [0.2, 0.25) is 0 Å². The van der Waals surface area contributed by atoms with Crippen molar-refractivity contribution in [3.8, 4) is 11.3 Å². The third-order valence-corrected chi connectivity index (χ3v) is 4.10. The summed E-state index contributed by atoms with van der Waals surface area (Å²) in [5, 5.41) is 9.37. The number of H-pyrrole nitrogens is 1. The van der Waals surface area contributed by atoms with Gasteiger partial charge in [-0.15, -0.1) is 0 Å². The maximum Gasteiger partial charge on any atom is 0.293 e. The molecule has 0 atom stereocenters. The molecule has 6 nitrogen and oxygen atoms in total. The topological polar surface area (TPSA) is 83.3 Å². The quantitative estimate of drug-likeness (QED) is 0.419. The van der Waals surface area contributed by atoms with Gasteiger partial charge in [-0.2, -0.15) is 5.10 Å². The zero-order valence-corrected chi connectivity index (χ0v) is 14.2. The molecule has 0 fully saturated rings. The van der Waals surface area contributed by atoms with Crippen LogP contribution in [0.3, 0.4) is 0 Å². The molecule has 0 saturated carbocycles. The van der Waals surface area contributed by atoms with Gasteiger partial charge in [-0.3, -0.25) is 4.79 Å². The molecular formula is C19H13ClN4O2. The average molecular weight is 365 g/mol. The van der Waals surface area contributed by atoms with Crippen molar-refractivity contribution in [3.63, 3.8) is 0 Å². The number of hydrogen-bond donors (Lipinski definition) is 2. The molecule has 26 heavy (non-hydrogen) atoms. The molecule has 0 radical (unpaired) electrons. The highest BCUT2D eigenvalue weighted by atomic mass is 35.5. The SMILES string of the molecule is O=C(NN=Cc1ccc(Cl)cc1)c1cc(-c2c[nH]c3ccccc23)on1. The molecule has 0 aliphatic carbocycles. The van der Waals surface area contributed by atoms with Gasteiger partial charge in [-0.05, 0) is 23.8 Å². The van der Waals surface area contributed by atoms with Crippen molar-refractivity contribution in [3.05, 3.63) is 77.1 Å². The van der Waals surface area contributed by atoms with Crippen molar-refractivity contribution in [1.82, 2.24) is 15.6 Å². The fourth-order valence-corrected chi connectivity index (χ4v) is 2.68. The van der Waals surface area contributed by atoms with Gasteiger partial charge in [-0.1, -0.05) is 47.1 Å². The number of halogens is 1. The van der Waals surface area contributed by atoms with E-state index in [0.29, 0.717) is 10.8 Å². The van der Waals surface area contributed by atoms with E-state index in [0.717, 1.165) is 22.0 Å². The second kappa shape index (κ2) is 6.85. The summed E-state index contributed by atoms with van der Waals surface area (Å²) in [6, 6.07) is 16.5. The summed E-state index contributed by atoms with van der Waals surface area (Å²) < 4.78 is 5.32. The highest BCUT2D eigenvalue weighted by molar-refractivity contribution is 6.30. The highest BCUT2D eigenvalue weighted by Gasteiger charge is 2.15. The first-order valence-corrected chi connectivity index (χ1v) is 8.21. The van der Waals surface area contributed by atoms with Crippen LogP contribution >= 0.6 is 11.6 Å². The van der Waals surface area contributed by atoms with Crippen molar-refractivity contribution in [1.29, 1.82) is 0 Å². The summed E-state index contributed by atoms with van der Waals surface area (Å²) in [6.45, 7) is 0. The molecule has 0 saturated heterocycles. The second-order valence-corrected chi connectivity index (χ2v) is 6.01. The van der Waals surface area contributed by atoms with Crippen molar-refractivity contribution >= 4 is 34.6 Å². The average Bonchev–Trinajstić information content (AvgIpc) is 3.30. The zero-order chi connectivity index (χ0) is 17.9. The molecule has 1 amide bonds. The molecule has 0 bridgehead atoms. The number of aromatic amines is 1. The van der Waals surface area contributed by atoms with Crippen molar-refractivity contribution in [2.75, 3.05) is 0 Å². The van der Waals surface area contributed by atoms with Crippen LogP contribution in [0.15, 0.2) is 70.4 Å². The number of amides is 1. The first-order chi connectivity index (χ1) is 12.7. The number of carbonyl (C=O) groups excluding carboxylic acids is 1. The summed E-state index contributed by atoms with van der Waals surface area (Å²) >= 11 is 5.82. The minimum Gasteiger partial charge on any atom is -0.360 e. The number of hydrogen-bond acceptors (Lipinski definition) is 4. The van der Waals surface area contributed by atoms with E-state index in [9.17, 15) is 4.79 Å². The van der Waals surface area contributed by atoms with Gasteiger partial charge in [0.05, 0.1) is 6.21 Å². The van der Waals surface area contributed by atoms with E-state index in [4.69, 9.17) is 16.1 Å². The van der Waals surface area contributed by atoms with Crippen LogP contribution in [0.25, 0.3) is 22.2 Å². The Hall–Kier alpha value is -3.38. The summed E-state index contributed by atoms with van der Waals surface area (Å²) in [7, 11) is 0. The Bertz CT molecular complexity index is 1100. The van der Waals surface area contributed by atoms with Crippen LogP contribution in [0.1, 0.15) is 16.1 Å². The van der Waals surface area contributed by atoms with Crippen molar-refractivity contribution in [2.24, 2.45) is 5.10 Å². The van der Waals surface area contributed by atoms with E-state index in [1.807, 2.05) is 30.5 Å². The molecule has 0 aliphatic heterocycles. The first kappa shape index (κ1) is 16.1. The molecule has 4 rings (SSSR count). The molecule has 2 heterocycles. The van der Waals surface area contributed by atoms with E-state index in [1.165, 1.54) is 6.21 Å². The van der Waals surface area contributed by atoms with Crippen molar-refractivity contribution < 1.29 is 9.32 Å². The number of benzene rings is 2.